The molecule has 4 aliphatic heterocycles. The largest absolute Gasteiger partial charge is 0.371 e. The van der Waals surface area contributed by atoms with E-state index < -0.39 is 0 Å². The van der Waals surface area contributed by atoms with Gasteiger partial charge < -0.3 is 29.8 Å². The minimum atomic E-state index is 0. The average molecular weight is 934 g/mol. The molecule has 1 N–H and O–H groups in total. The Morgan fingerprint density at radius 2 is 0.881 bits per heavy atom. The second-order valence-corrected chi connectivity index (χ2v) is 22.5. The maximum Gasteiger partial charge on any atom is 0.320 e. The number of hydrogen-bond acceptors (Lipinski definition) is 6. The Balaban J connectivity index is 0.000000168. The van der Waals surface area contributed by atoms with Crippen molar-refractivity contribution >= 4 is 30.2 Å². The van der Waals surface area contributed by atoms with E-state index in [2.05, 4.69) is 159 Å². The first kappa shape index (κ1) is 48.2. The van der Waals surface area contributed by atoms with Crippen LogP contribution in [0, 0.1) is 11.8 Å². The number of nitrogens with one attached hydrogen (secondary N) is 1. The molecule has 0 bridgehead atoms. The fourth-order valence-electron chi connectivity index (χ4n) is 13.7. The van der Waals surface area contributed by atoms with Crippen LogP contribution in [-0.2, 0) is 11.1 Å². The number of carbonyl (C=O) groups excluding carboxylic acids is 2. The summed E-state index contributed by atoms with van der Waals surface area (Å²) in [6.45, 7) is 7.98. The molecule has 3 aromatic rings. The zero-order chi connectivity index (χ0) is 45.5. The number of urea groups is 2. The van der Waals surface area contributed by atoms with Crippen LogP contribution in [0.5, 0.6) is 0 Å². The number of halogens is 1. The average Bonchev–Trinajstić information content (AvgIpc) is 4.31. The molecule has 8 aliphatic rings. The first-order valence-corrected chi connectivity index (χ1v) is 26.2. The van der Waals surface area contributed by atoms with Gasteiger partial charge in [-0.15, -0.1) is 12.4 Å². The van der Waals surface area contributed by atoms with E-state index >= 15 is 0 Å². The molecule has 0 aromatic heterocycles. The van der Waals surface area contributed by atoms with E-state index in [0.29, 0.717) is 24.1 Å². The molecule has 4 saturated heterocycles. The molecule has 4 heterocycles. The molecule has 11 heteroatoms. The normalized spacial score (nSPS) is 30.7. The van der Waals surface area contributed by atoms with E-state index in [-0.39, 0.29) is 34.6 Å². The first-order valence-electron chi connectivity index (χ1n) is 26.2. The highest BCUT2D eigenvalue weighted by Gasteiger charge is 2.58. The van der Waals surface area contributed by atoms with Crippen molar-refractivity contribution in [3.63, 3.8) is 0 Å². The smallest absolute Gasteiger partial charge is 0.320 e. The lowest BCUT2D eigenvalue weighted by molar-refractivity contribution is 0.0225. The lowest BCUT2D eigenvalue weighted by Gasteiger charge is -2.51. The van der Waals surface area contributed by atoms with Gasteiger partial charge in [-0.1, -0.05) is 78.9 Å². The van der Waals surface area contributed by atoms with Gasteiger partial charge in [-0.25, -0.2) is 9.59 Å². The summed E-state index contributed by atoms with van der Waals surface area (Å²) in [6.07, 6.45) is 18.4. The standard InChI is InChI=1S/C31H42N4O.C25H38N4O.ClH/c1-32(2)31(26-9-5-3-6-10-26)19-17-30(18-20-31)24-34(29(36)35(30)23-25-13-14-25)28-15-21-33(22-16-28)27-11-7-4-8-12-27;1-27(2)25(21-6-4-3-5-7-21)14-12-24(13-15-25)19-28(22-10-16-26-17-11-22)23(30)29(24)18-20-8-9-20;/h3-12,25,28H,13-24H2,1-2H3;3-7,20,22,26H,8-19H2,1-2H3;1H. The predicted molar refractivity (Wildman–Crippen MR) is 274 cm³/mol. The second-order valence-electron chi connectivity index (χ2n) is 22.5. The van der Waals surface area contributed by atoms with E-state index in [1.165, 1.54) is 42.5 Å². The third kappa shape index (κ3) is 9.47. The summed E-state index contributed by atoms with van der Waals surface area (Å²) < 4.78 is 0. The molecule has 8 fully saturated rings. The molecule has 4 amide bonds. The van der Waals surface area contributed by atoms with Crippen molar-refractivity contribution in [2.24, 2.45) is 11.8 Å². The number of nitrogens with zero attached hydrogens (tertiary/aromatic N) is 7. The lowest BCUT2D eigenvalue weighted by atomic mass is 9.68. The van der Waals surface area contributed by atoms with Gasteiger partial charge in [-0.05, 0) is 179 Å². The van der Waals surface area contributed by atoms with Crippen LogP contribution < -0.4 is 10.2 Å². The zero-order valence-corrected chi connectivity index (χ0v) is 42.1. The number of rotatable bonds is 11. The highest BCUT2D eigenvalue weighted by molar-refractivity contribution is 5.85. The van der Waals surface area contributed by atoms with Gasteiger partial charge in [0, 0.05) is 68.1 Å². The summed E-state index contributed by atoms with van der Waals surface area (Å²) in [5.41, 5.74) is 4.36. The lowest BCUT2D eigenvalue weighted by Crippen LogP contribution is -2.55. The van der Waals surface area contributed by atoms with Crippen molar-refractivity contribution in [2.45, 2.75) is 137 Å². The van der Waals surface area contributed by atoms with Crippen LogP contribution >= 0.6 is 12.4 Å². The Morgan fingerprint density at radius 1 is 0.507 bits per heavy atom. The molecule has 0 atom stereocenters. The summed E-state index contributed by atoms with van der Waals surface area (Å²) in [7, 11) is 8.93. The molecule has 4 saturated carbocycles. The molecule has 0 radical (unpaired) electrons. The molecule has 2 spiro atoms. The summed E-state index contributed by atoms with van der Waals surface area (Å²) in [5, 5.41) is 3.46. The summed E-state index contributed by atoms with van der Waals surface area (Å²) in [4.78, 5) is 44.2. The number of carbonyl (C=O) groups is 2. The van der Waals surface area contributed by atoms with Gasteiger partial charge in [-0.2, -0.15) is 0 Å². The van der Waals surface area contributed by atoms with Gasteiger partial charge in [-0.3, -0.25) is 9.80 Å². The second kappa shape index (κ2) is 19.9. The van der Waals surface area contributed by atoms with Crippen LogP contribution in [0.15, 0.2) is 91.0 Å². The van der Waals surface area contributed by atoms with Crippen LogP contribution in [0.1, 0.15) is 114 Å². The topological polar surface area (TPSA) is 68.9 Å². The number of anilines is 1. The zero-order valence-electron chi connectivity index (χ0n) is 41.3. The van der Waals surface area contributed by atoms with Crippen molar-refractivity contribution in [2.75, 3.05) is 85.4 Å². The van der Waals surface area contributed by atoms with Gasteiger partial charge >= 0.3 is 12.1 Å². The third-order valence-electron chi connectivity index (χ3n) is 18.4. The summed E-state index contributed by atoms with van der Waals surface area (Å²) in [6, 6.07) is 34.3. The van der Waals surface area contributed by atoms with E-state index in [1.807, 2.05) is 0 Å². The molecular formula is C56H81ClN8O2. The highest BCUT2D eigenvalue weighted by Crippen LogP contribution is 2.52. The fraction of sp³-hybridized carbons (Fsp3) is 0.643. The monoisotopic (exact) mass is 933 g/mol. The Kier molecular flexibility index (Phi) is 14.3. The maximum atomic E-state index is 14.0. The molecular weight excluding hydrogens is 852 g/mol. The number of benzene rings is 3. The van der Waals surface area contributed by atoms with Crippen LogP contribution in [0.3, 0.4) is 0 Å². The van der Waals surface area contributed by atoms with Crippen LogP contribution in [0.25, 0.3) is 0 Å². The first-order chi connectivity index (χ1) is 32.0. The van der Waals surface area contributed by atoms with Crippen molar-refractivity contribution in [3.8, 4) is 0 Å². The molecule has 11 rings (SSSR count). The number of para-hydroxylation sites is 1. The molecule has 67 heavy (non-hydrogen) atoms. The maximum absolute atomic E-state index is 14.0. The van der Waals surface area contributed by atoms with E-state index in [4.69, 9.17) is 0 Å². The number of piperidine rings is 2. The molecule has 3 aromatic carbocycles. The SMILES string of the molecule is CN(C)C1(c2ccccc2)CCC2(CC1)CN(C1CCN(c3ccccc3)CC1)C(=O)N2CC1CC1.CN(C)C1(c2ccccc2)CCC2(CC1)CN(C1CCNCC1)C(=O)N2CC1CC1.Cl. The quantitative estimate of drug-likeness (QED) is 0.207. The Hall–Kier alpha value is -3.83. The molecule has 10 nitrogen and oxygen atoms in total. The minimum absolute atomic E-state index is 0. The van der Waals surface area contributed by atoms with Crippen molar-refractivity contribution in [1.82, 2.24) is 34.7 Å². The van der Waals surface area contributed by atoms with E-state index in [9.17, 15) is 9.59 Å². The number of hydrogen-bond donors (Lipinski definition) is 1. The number of amides is 4. The Bertz CT molecular complexity index is 2080. The fourth-order valence-corrected chi connectivity index (χ4v) is 13.7. The molecule has 4 aliphatic carbocycles. The predicted octanol–water partition coefficient (Wildman–Crippen LogP) is 9.65. The summed E-state index contributed by atoms with van der Waals surface area (Å²) >= 11 is 0. The minimum Gasteiger partial charge on any atom is -0.371 e. The van der Waals surface area contributed by atoms with E-state index in [1.54, 1.807) is 0 Å². The van der Waals surface area contributed by atoms with E-state index in [0.717, 1.165) is 141 Å². The van der Waals surface area contributed by atoms with Crippen LogP contribution in [0.4, 0.5) is 15.3 Å². The van der Waals surface area contributed by atoms with Gasteiger partial charge in [0.2, 0.25) is 0 Å². The van der Waals surface area contributed by atoms with Crippen molar-refractivity contribution in [3.05, 3.63) is 102 Å². The summed E-state index contributed by atoms with van der Waals surface area (Å²) in [5.74, 6) is 1.47. The molecule has 0 unspecified atom stereocenters. The Labute approximate surface area is 409 Å². The van der Waals surface area contributed by atoms with Crippen molar-refractivity contribution < 1.29 is 9.59 Å². The third-order valence-corrected chi connectivity index (χ3v) is 18.4. The molecule has 364 valence electrons. The van der Waals surface area contributed by atoms with Crippen molar-refractivity contribution in [1.29, 1.82) is 0 Å². The van der Waals surface area contributed by atoms with Crippen LogP contribution in [0.2, 0.25) is 0 Å². The van der Waals surface area contributed by atoms with Gasteiger partial charge in [0.05, 0.1) is 11.1 Å². The van der Waals surface area contributed by atoms with Gasteiger partial charge in [0.1, 0.15) is 0 Å². The van der Waals surface area contributed by atoms with Gasteiger partial charge in [0.15, 0.2) is 0 Å². The highest BCUT2D eigenvalue weighted by atomic mass is 35.5. The van der Waals surface area contributed by atoms with Gasteiger partial charge in [0.25, 0.3) is 0 Å². The van der Waals surface area contributed by atoms with Crippen LogP contribution in [-0.4, -0.2) is 145 Å². The Morgan fingerprint density at radius 3 is 1.25 bits per heavy atom.